The van der Waals surface area contributed by atoms with Crippen LogP contribution in [0, 0.1) is 0 Å². The molecule has 0 saturated carbocycles. The molecular formula is C12H13NO2. The number of allylic oxidation sites excluding steroid dienone is 1. The van der Waals surface area contributed by atoms with Crippen LogP contribution >= 0.6 is 0 Å². The topological polar surface area (TPSA) is 30.8 Å². The summed E-state index contributed by atoms with van der Waals surface area (Å²) in [6.45, 7) is 7.26. The Kier molecular flexibility index (Phi) is 4.31. The van der Waals surface area contributed by atoms with Crippen molar-refractivity contribution in [1.29, 1.82) is 0 Å². The molecule has 0 fully saturated rings. The van der Waals surface area contributed by atoms with Gasteiger partial charge in [0, 0.05) is 11.8 Å². The van der Waals surface area contributed by atoms with Gasteiger partial charge in [0.05, 0.1) is 7.11 Å². The molecule has 0 bridgehead atoms. The largest absolute Gasteiger partial charge is 0.335 e. The Morgan fingerprint density at radius 3 is 2.73 bits per heavy atom. The van der Waals surface area contributed by atoms with Crippen molar-refractivity contribution >= 4 is 18.0 Å². The predicted octanol–water partition coefficient (Wildman–Crippen LogP) is 3.16. The molecule has 15 heavy (non-hydrogen) atoms. The van der Waals surface area contributed by atoms with Crippen LogP contribution in [-0.4, -0.2) is 13.3 Å². The zero-order valence-electron chi connectivity index (χ0n) is 8.64. The molecule has 0 N–H and O–H groups in total. The van der Waals surface area contributed by atoms with E-state index in [1.165, 1.54) is 7.11 Å². The second kappa shape index (κ2) is 5.78. The molecule has 0 unspecified atom stereocenters. The highest BCUT2D eigenvalue weighted by atomic mass is 17.2. The van der Waals surface area contributed by atoms with E-state index >= 15 is 0 Å². The molecule has 0 atom stereocenters. The van der Waals surface area contributed by atoms with Crippen LogP contribution in [0.3, 0.4) is 0 Å². The normalized spacial score (nSPS) is 10.2. The first-order valence-electron chi connectivity index (χ1n) is 4.44. The first kappa shape index (κ1) is 11.2. The number of benzene rings is 1. The van der Waals surface area contributed by atoms with Gasteiger partial charge in [-0.05, 0) is 6.07 Å². The minimum atomic E-state index is 0.549. The standard InChI is InChI=1S/C12H13NO2/c1-4-9-13-12-10(5-2)7-6-8-11(12)15-14-3/h4-9H,1-2H2,3H3/b13-9-. The first-order valence-corrected chi connectivity index (χ1v) is 4.44. The summed E-state index contributed by atoms with van der Waals surface area (Å²) in [6.07, 6.45) is 4.89. The van der Waals surface area contributed by atoms with Crippen LogP contribution in [0.15, 0.2) is 42.4 Å². The van der Waals surface area contributed by atoms with Crippen molar-refractivity contribution in [2.45, 2.75) is 0 Å². The Bertz CT molecular complexity index is 383. The van der Waals surface area contributed by atoms with Crippen LogP contribution in [0.4, 0.5) is 5.69 Å². The molecule has 78 valence electrons. The van der Waals surface area contributed by atoms with Gasteiger partial charge in [0.2, 0.25) is 0 Å². The van der Waals surface area contributed by atoms with Crippen molar-refractivity contribution in [3.63, 3.8) is 0 Å². The molecule has 3 nitrogen and oxygen atoms in total. The van der Waals surface area contributed by atoms with E-state index in [1.807, 2.05) is 12.1 Å². The number of hydrogen-bond acceptors (Lipinski definition) is 3. The van der Waals surface area contributed by atoms with Crippen molar-refractivity contribution in [3.8, 4) is 5.75 Å². The van der Waals surface area contributed by atoms with Crippen LogP contribution in [0.2, 0.25) is 0 Å². The SMILES string of the molecule is C=C/C=N\c1c(C=C)cccc1OOC. The Morgan fingerprint density at radius 2 is 2.13 bits per heavy atom. The zero-order chi connectivity index (χ0) is 11.1. The third-order valence-electron chi connectivity index (χ3n) is 1.73. The van der Waals surface area contributed by atoms with Crippen molar-refractivity contribution < 1.29 is 9.78 Å². The Hall–Kier alpha value is -1.87. The summed E-state index contributed by atoms with van der Waals surface area (Å²) in [7, 11) is 1.45. The first-order chi connectivity index (χ1) is 7.33. The molecule has 0 heterocycles. The van der Waals surface area contributed by atoms with Crippen molar-refractivity contribution in [3.05, 3.63) is 43.0 Å². The molecule has 1 aromatic rings. The molecule has 3 heteroatoms. The molecule has 1 rings (SSSR count). The third-order valence-corrected chi connectivity index (χ3v) is 1.73. The van der Waals surface area contributed by atoms with Crippen LogP contribution in [0.25, 0.3) is 6.08 Å². The van der Waals surface area contributed by atoms with E-state index in [2.05, 4.69) is 23.0 Å². The van der Waals surface area contributed by atoms with E-state index < -0.39 is 0 Å². The fraction of sp³-hybridized carbons (Fsp3) is 0.0833. The van der Waals surface area contributed by atoms with Gasteiger partial charge in [-0.1, -0.05) is 37.4 Å². The summed E-state index contributed by atoms with van der Waals surface area (Å²) in [5.74, 6) is 0.549. The molecule has 0 radical (unpaired) electrons. The molecule has 0 aliphatic heterocycles. The highest BCUT2D eigenvalue weighted by Crippen LogP contribution is 2.32. The molecule has 0 amide bonds. The van der Waals surface area contributed by atoms with Gasteiger partial charge in [-0.3, -0.25) is 4.99 Å². The number of rotatable bonds is 5. The van der Waals surface area contributed by atoms with Crippen LogP contribution in [0.1, 0.15) is 5.56 Å². The van der Waals surface area contributed by atoms with E-state index in [0.717, 1.165) is 5.56 Å². The van der Waals surface area contributed by atoms with Gasteiger partial charge in [-0.15, -0.1) is 0 Å². The lowest BCUT2D eigenvalue weighted by atomic mass is 10.1. The average molecular weight is 203 g/mol. The van der Waals surface area contributed by atoms with Gasteiger partial charge < -0.3 is 4.89 Å². The number of hydrogen-bond donors (Lipinski definition) is 0. The molecule has 0 saturated heterocycles. The summed E-state index contributed by atoms with van der Waals surface area (Å²) >= 11 is 0. The second-order valence-electron chi connectivity index (χ2n) is 2.66. The van der Waals surface area contributed by atoms with Crippen molar-refractivity contribution in [1.82, 2.24) is 0 Å². The Morgan fingerprint density at radius 1 is 1.33 bits per heavy atom. The summed E-state index contributed by atoms with van der Waals surface area (Å²) in [6, 6.07) is 5.51. The smallest absolute Gasteiger partial charge is 0.191 e. The third kappa shape index (κ3) is 2.79. The minimum Gasteiger partial charge on any atom is -0.335 e. The quantitative estimate of drug-likeness (QED) is 0.418. The van der Waals surface area contributed by atoms with E-state index in [1.54, 1.807) is 24.4 Å². The zero-order valence-corrected chi connectivity index (χ0v) is 8.64. The number of nitrogens with zero attached hydrogens (tertiary/aromatic N) is 1. The fourth-order valence-electron chi connectivity index (χ4n) is 1.13. The summed E-state index contributed by atoms with van der Waals surface area (Å²) in [4.78, 5) is 13.8. The van der Waals surface area contributed by atoms with E-state index in [-0.39, 0.29) is 0 Å². The lowest BCUT2D eigenvalue weighted by molar-refractivity contribution is -0.177. The van der Waals surface area contributed by atoms with Crippen molar-refractivity contribution in [2.24, 2.45) is 4.99 Å². The highest BCUT2D eigenvalue weighted by Gasteiger charge is 2.06. The van der Waals surface area contributed by atoms with Gasteiger partial charge >= 0.3 is 0 Å². The van der Waals surface area contributed by atoms with Gasteiger partial charge in [0.15, 0.2) is 5.75 Å². The van der Waals surface area contributed by atoms with Gasteiger partial charge in [-0.2, -0.15) is 4.89 Å². The van der Waals surface area contributed by atoms with Gasteiger partial charge in [-0.25, -0.2) is 0 Å². The number of aliphatic imine (C=N–C) groups is 1. The van der Waals surface area contributed by atoms with Crippen LogP contribution in [0.5, 0.6) is 5.75 Å². The van der Waals surface area contributed by atoms with E-state index in [0.29, 0.717) is 11.4 Å². The average Bonchev–Trinajstić information content (AvgIpc) is 2.27. The van der Waals surface area contributed by atoms with Crippen molar-refractivity contribution in [2.75, 3.05) is 7.11 Å². The predicted molar refractivity (Wildman–Crippen MR) is 62.5 cm³/mol. The lowest BCUT2D eigenvalue weighted by Crippen LogP contribution is -1.91. The van der Waals surface area contributed by atoms with Crippen LogP contribution in [-0.2, 0) is 4.89 Å². The second-order valence-corrected chi connectivity index (χ2v) is 2.66. The van der Waals surface area contributed by atoms with Gasteiger partial charge in [0.25, 0.3) is 0 Å². The summed E-state index contributed by atoms with van der Waals surface area (Å²) < 4.78 is 0. The van der Waals surface area contributed by atoms with Crippen LogP contribution < -0.4 is 4.89 Å². The maximum Gasteiger partial charge on any atom is 0.191 e. The highest BCUT2D eigenvalue weighted by molar-refractivity contribution is 5.79. The number of para-hydroxylation sites is 1. The van der Waals surface area contributed by atoms with E-state index in [9.17, 15) is 0 Å². The molecule has 0 spiro atoms. The molecule has 0 aliphatic carbocycles. The summed E-state index contributed by atoms with van der Waals surface area (Å²) in [5, 5.41) is 0. The molecule has 1 aromatic carbocycles. The Labute approximate surface area is 89.3 Å². The molecule has 0 aliphatic rings. The monoisotopic (exact) mass is 203 g/mol. The molecular weight excluding hydrogens is 190 g/mol. The maximum atomic E-state index is 4.98. The lowest BCUT2D eigenvalue weighted by Gasteiger charge is -2.06. The van der Waals surface area contributed by atoms with E-state index in [4.69, 9.17) is 4.89 Å². The summed E-state index contributed by atoms with van der Waals surface area (Å²) in [5.41, 5.74) is 1.55. The maximum absolute atomic E-state index is 4.98. The Balaban J connectivity index is 3.19. The fourth-order valence-corrected chi connectivity index (χ4v) is 1.13. The van der Waals surface area contributed by atoms with Gasteiger partial charge in [0.1, 0.15) is 5.69 Å². The minimum absolute atomic E-state index is 0.549. The molecule has 0 aromatic heterocycles.